The third-order valence-electron chi connectivity index (χ3n) is 9.25. The molecule has 0 unspecified atom stereocenters. The van der Waals surface area contributed by atoms with Gasteiger partial charge in [0, 0.05) is 24.2 Å². The highest BCUT2D eigenvalue weighted by Gasteiger charge is 2.26. The molecule has 9 nitrogen and oxygen atoms in total. The first-order valence-corrected chi connectivity index (χ1v) is 19.7. The molecule has 0 saturated heterocycles. The van der Waals surface area contributed by atoms with E-state index >= 15 is 0 Å². The monoisotopic (exact) mass is 695 g/mol. The number of H-pyrrole nitrogens is 1. The first kappa shape index (κ1) is 42.7. The maximum absolute atomic E-state index is 13.7. The van der Waals surface area contributed by atoms with E-state index < -0.39 is 17.4 Å². The van der Waals surface area contributed by atoms with Crippen molar-refractivity contribution in [2.75, 3.05) is 19.7 Å². The van der Waals surface area contributed by atoms with Gasteiger partial charge in [-0.2, -0.15) is 5.11 Å². The number of aromatic hydroxyl groups is 1. The Kier molecular flexibility index (Phi) is 21.7. The third kappa shape index (κ3) is 15.6. The molecule has 280 valence electrons. The van der Waals surface area contributed by atoms with E-state index in [-0.39, 0.29) is 35.2 Å². The van der Waals surface area contributed by atoms with E-state index in [2.05, 4.69) is 29.1 Å². The molecule has 0 atom stereocenters. The van der Waals surface area contributed by atoms with Gasteiger partial charge < -0.3 is 14.7 Å². The minimum absolute atomic E-state index is 0.0279. The molecule has 0 spiro atoms. The summed E-state index contributed by atoms with van der Waals surface area (Å²) in [6.07, 6.45) is 23.8. The molecule has 1 heterocycles. The highest BCUT2D eigenvalue weighted by atomic mass is 16.5. The van der Waals surface area contributed by atoms with Crippen LogP contribution in [0.4, 0.5) is 11.4 Å². The predicted octanol–water partition coefficient (Wildman–Crippen LogP) is 11.7. The fourth-order valence-electron chi connectivity index (χ4n) is 6.35. The molecule has 0 aliphatic heterocycles. The van der Waals surface area contributed by atoms with Gasteiger partial charge in [0.2, 0.25) is 5.88 Å². The topological polar surface area (TPSA) is 124 Å². The zero-order valence-electron chi connectivity index (χ0n) is 31.9. The highest BCUT2D eigenvalue weighted by molar-refractivity contribution is 5.95. The van der Waals surface area contributed by atoms with Crippen LogP contribution in [-0.4, -0.2) is 46.6 Å². The van der Waals surface area contributed by atoms with Crippen molar-refractivity contribution in [1.29, 1.82) is 0 Å². The fourth-order valence-corrected chi connectivity index (χ4v) is 6.35. The van der Waals surface area contributed by atoms with Crippen molar-refractivity contribution in [3.8, 4) is 5.88 Å². The van der Waals surface area contributed by atoms with Gasteiger partial charge in [0.05, 0.1) is 12.3 Å². The largest absolute Gasteiger partial charge is 0.494 e. The first-order chi connectivity index (χ1) is 24.2. The maximum atomic E-state index is 13.7. The molecular weight excluding hydrogens is 628 g/mol. The number of azo groups is 1. The average molecular weight is 695 g/mol. The minimum Gasteiger partial charge on any atom is -0.494 e. The molecule has 1 aromatic heterocycles. The van der Waals surface area contributed by atoms with Crippen LogP contribution in [0.2, 0.25) is 0 Å². The smallest absolute Gasteiger partial charge is 0.343 e. The third-order valence-corrected chi connectivity index (χ3v) is 9.25. The van der Waals surface area contributed by atoms with Crippen LogP contribution in [0.25, 0.3) is 0 Å². The number of unbranched alkanes of at least 4 members (excludes halogenated alkanes) is 17. The summed E-state index contributed by atoms with van der Waals surface area (Å²) in [5.41, 5.74) is 0.479. The average Bonchev–Trinajstić information content (AvgIpc) is 3.10. The Balaban J connectivity index is 2.07. The summed E-state index contributed by atoms with van der Waals surface area (Å²) >= 11 is 0. The van der Waals surface area contributed by atoms with Crippen LogP contribution in [-0.2, 0) is 4.74 Å². The van der Waals surface area contributed by atoms with Crippen LogP contribution in [0, 0.1) is 0 Å². The van der Waals surface area contributed by atoms with Gasteiger partial charge in [-0.05, 0) is 49.9 Å². The summed E-state index contributed by atoms with van der Waals surface area (Å²) in [6, 6.07) is 6.94. The van der Waals surface area contributed by atoms with Crippen molar-refractivity contribution in [1.82, 2.24) is 9.88 Å². The number of carbonyl (C=O) groups is 2. The number of carbonyl (C=O) groups excluding carboxylic acids is 2. The Labute approximate surface area is 301 Å². The molecule has 2 rings (SSSR count). The Morgan fingerprint density at radius 2 is 1.18 bits per heavy atom. The molecule has 0 aliphatic carbocycles. The Bertz CT molecular complexity index is 1340. The van der Waals surface area contributed by atoms with Crippen molar-refractivity contribution in [2.24, 2.45) is 10.2 Å². The van der Waals surface area contributed by atoms with E-state index in [0.717, 1.165) is 38.8 Å². The number of hydrogen-bond donors (Lipinski definition) is 2. The number of nitrogens with one attached hydrogen (secondary N) is 1. The standard InChI is InChI=1S/C41H66N4O5/c1-6-9-11-13-15-17-19-21-23-25-31-45(30-24-22-20-18-16-14-12-10-7-2)40(48)33-26-28-34(29-27-33)43-44-37-35(32(4)5)36(41(49)50-8-3)38(46)42-39(37)47/h26-29,32H,6-25,30-31H2,1-5H3,(H2,42,46,47). The van der Waals surface area contributed by atoms with E-state index in [9.17, 15) is 19.5 Å². The van der Waals surface area contributed by atoms with Crippen molar-refractivity contribution >= 4 is 23.3 Å². The number of rotatable bonds is 27. The van der Waals surface area contributed by atoms with E-state index in [1.807, 2.05) is 4.90 Å². The quantitative estimate of drug-likeness (QED) is 0.0547. The molecule has 1 amide bonds. The lowest BCUT2D eigenvalue weighted by molar-refractivity contribution is 0.0520. The number of amides is 1. The summed E-state index contributed by atoms with van der Waals surface area (Å²) in [4.78, 5) is 43.4. The molecule has 0 aliphatic rings. The van der Waals surface area contributed by atoms with Gasteiger partial charge in [-0.25, -0.2) is 4.79 Å². The molecule has 0 radical (unpaired) electrons. The van der Waals surface area contributed by atoms with E-state index in [1.165, 1.54) is 96.3 Å². The lowest BCUT2D eigenvalue weighted by atomic mass is 9.97. The number of nitrogens with zero attached hydrogens (tertiary/aromatic N) is 3. The number of ether oxygens (including phenoxy) is 1. The molecule has 0 bridgehead atoms. The van der Waals surface area contributed by atoms with Crippen LogP contribution in [0.3, 0.4) is 0 Å². The van der Waals surface area contributed by atoms with E-state index in [4.69, 9.17) is 4.74 Å². The molecule has 1 aromatic carbocycles. The van der Waals surface area contributed by atoms with Crippen LogP contribution in [0.1, 0.15) is 189 Å². The van der Waals surface area contributed by atoms with Crippen molar-refractivity contribution < 1.29 is 19.4 Å². The second-order valence-corrected chi connectivity index (χ2v) is 13.9. The van der Waals surface area contributed by atoms with Crippen LogP contribution in [0.15, 0.2) is 39.3 Å². The second kappa shape index (κ2) is 25.5. The van der Waals surface area contributed by atoms with Crippen molar-refractivity contribution in [2.45, 2.75) is 163 Å². The Morgan fingerprint density at radius 1 is 0.720 bits per heavy atom. The van der Waals surface area contributed by atoms with Gasteiger partial charge in [-0.15, -0.1) is 5.11 Å². The lowest BCUT2D eigenvalue weighted by Crippen LogP contribution is -2.33. The number of benzene rings is 1. The fraction of sp³-hybridized carbons (Fsp3) is 0.683. The van der Waals surface area contributed by atoms with Gasteiger partial charge in [0.15, 0.2) is 5.69 Å². The SMILES string of the molecule is CCCCCCCCCCCCN(CCCCCCCCCCC)C(=O)c1ccc(N=Nc2c(C(C)C)c(C(=O)OCC)c(O)[nH]c2=O)cc1. The zero-order valence-corrected chi connectivity index (χ0v) is 31.9. The Hall–Kier alpha value is -3.49. The molecule has 2 N–H and O–H groups in total. The summed E-state index contributed by atoms with van der Waals surface area (Å²) < 4.78 is 5.10. The van der Waals surface area contributed by atoms with Crippen LogP contribution in [0.5, 0.6) is 5.88 Å². The predicted molar refractivity (Wildman–Crippen MR) is 204 cm³/mol. The summed E-state index contributed by atoms with van der Waals surface area (Å²) in [6.45, 7) is 11.4. The summed E-state index contributed by atoms with van der Waals surface area (Å²) in [5, 5.41) is 18.8. The van der Waals surface area contributed by atoms with E-state index in [1.54, 1.807) is 45.0 Å². The van der Waals surface area contributed by atoms with Gasteiger partial charge in [0.25, 0.3) is 11.5 Å². The van der Waals surface area contributed by atoms with Crippen LogP contribution < -0.4 is 5.56 Å². The second-order valence-electron chi connectivity index (χ2n) is 13.9. The van der Waals surface area contributed by atoms with E-state index in [0.29, 0.717) is 11.3 Å². The summed E-state index contributed by atoms with van der Waals surface area (Å²) in [7, 11) is 0. The first-order valence-electron chi connectivity index (χ1n) is 19.7. The molecule has 9 heteroatoms. The number of pyridine rings is 1. The van der Waals surface area contributed by atoms with Gasteiger partial charge >= 0.3 is 5.97 Å². The number of hydrogen-bond acceptors (Lipinski definition) is 7. The maximum Gasteiger partial charge on any atom is 0.343 e. The Morgan fingerprint density at radius 3 is 1.62 bits per heavy atom. The van der Waals surface area contributed by atoms with Crippen molar-refractivity contribution in [3.63, 3.8) is 0 Å². The van der Waals surface area contributed by atoms with Gasteiger partial charge in [0.1, 0.15) is 5.56 Å². The van der Waals surface area contributed by atoms with Crippen molar-refractivity contribution in [3.05, 3.63) is 51.3 Å². The molecular formula is C41H66N4O5. The number of aromatic amines is 1. The summed E-state index contributed by atoms with van der Waals surface area (Å²) in [5.74, 6) is -1.58. The van der Waals surface area contributed by atoms with Gasteiger partial charge in [-0.1, -0.05) is 137 Å². The van der Waals surface area contributed by atoms with Crippen LogP contribution >= 0.6 is 0 Å². The molecule has 0 saturated carbocycles. The molecule has 0 fully saturated rings. The minimum atomic E-state index is -0.742. The highest BCUT2D eigenvalue weighted by Crippen LogP contribution is 2.33. The zero-order chi connectivity index (χ0) is 36.6. The number of esters is 1. The number of aromatic nitrogens is 1. The molecule has 50 heavy (non-hydrogen) atoms. The normalized spacial score (nSPS) is 11.5. The van der Waals surface area contributed by atoms with Gasteiger partial charge in [-0.3, -0.25) is 14.6 Å². The lowest BCUT2D eigenvalue weighted by Gasteiger charge is -2.23. The molecule has 2 aromatic rings.